The summed E-state index contributed by atoms with van der Waals surface area (Å²) in [4.78, 5) is 23.1. The Kier molecular flexibility index (Phi) is 4.83. The molecule has 0 aliphatic rings. The topological polar surface area (TPSA) is 73.1 Å². The van der Waals surface area contributed by atoms with Gasteiger partial charge in [0.15, 0.2) is 0 Å². The van der Waals surface area contributed by atoms with Gasteiger partial charge >= 0.3 is 5.69 Å². The van der Waals surface area contributed by atoms with E-state index in [0.29, 0.717) is 24.4 Å². The lowest BCUT2D eigenvalue weighted by molar-refractivity contribution is 0.639. The van der Waals surface area contributed by atoms with E-state index < -0.39 is 10.8 Å². The zero-order valence-corrected chi connectivity index (χ0v) is 11.0. The molecule has 0 saturated heterocycles. The Labute approximate surface area is 102 Å². The molecule has 1 unspecified atom stereocenters. The molecule has 0 saturated carbocycles. The number of hydrogen-bond donors (Lipinski definition) is 1. The second kappa shape index (κ2) is 5.92. The van der Waals surface area contributed by atoms with Crippen LogP contribution in [0.15, 0.2) is 15.8 Å². The molecule has 6 nitrogen and oxygen atoms in total. The smallest absolute Gasteiger partial charge is 0.311 e. The predicted octanol–water partition coefficient (Wildman–Crippen LogP) is -1.45. The lowest BCUT2D eigenvalue weighted by atomic mass is 10.3. The Bertz CT molecular complexity index is 533. The van der Waals surface area contributed by atoms with Crippen LogP contribution < -0.4 is 16.6 Å². The van der Waals surface area contributed by atoms with Crippen LogP contribution in [0.2, 0.25) is 0 Å². The lowest BCUT2D eigenvalue weighted by Gasteiger charge is -2.07. The van der Waals surface area contributed by atoms with Crippen LogP contribution in [0, 0.1) is 0 Å². The van der Waals surface area contributed by atoms with Gasteiger partial charge in [0, 0.05) is 61.8 Å². The molecular formula is C10H17N3O3S. The zero-order valence-electron chi connectivity index (χ0n) is 10.2. The van der Waals surface area contributed by atoms with E-state index in [9.17, 15) is 13.8 Å². The Balaban J connectivity index is 2.76. The van der Waals surface area contributed by atoms with E-state index in [1.807, 2.05) is 0 Å². The van der Waals surface area contributed by atoms with Crippen molar-refractivity contribution in [1.82, 2.24) is 14.5 Å². The molecule has 1 rings (SSSR count). The fourth-order valence-corrected chi connectivity index (χ4v) is 1.88. The summed E-state index contributed by atoms with van der Waals surface area (Å²) in [5.74, 6) is 0.548. The van der Waals surface area contributed by atoms with E-state index in [2.05, 4.69) is 5.32 Å². The first-order chi connectivity index (χ1) is 7.93. The van der Waals surface area contributed by atoms with Crippen LogP contribution in [0.25, 0.3) is 0 Å². The monoisotopic (exact) mass is 259 g/mol. The van der Waals surface area contributed by atoms with Gasteiger partial charge in [0.2, 0.25) is 0 Å². The van der Waals surface area contributed by atoms with Crippen LogP contribution in [0.4, 0.5) is 0 Å². The van der Waals surface area contributed by atoms with Crippen LogP contribution >= 0.6 is 0 Å². The highest BCUT2D eigenvalue weighted by atomic mass is 32.2. The summed E-state index contributed by atoms with van der Waals surface area (Å²) in [6.45, 7) is 0.951. The Morgan fingerprint density at radius 1 is 1.35 bits per heavy atom. The number of aromatic nitrogens is 2. The maximum absolute atomic E-state index is 11.7. The standard InChI is InChI=1S/C10H17N3O3S/c1-12-7-8(6-11-4-5-17(3)16)9(14)13(2)10(12)15/h7,11H,4-6H2,1-3H3. The van der Waals surface area contributed by atoms with Crippen molar-refractivity contribution in [3.05, 3.63) is 32.6 Å². The summed E-state index contributed by atoms with van der Waals surface area (Å²) in [5.41, 5.74) is -0.108. The molecule has 0 aliphatic carbocycles. The number of rotatable bonds is 5. The van der Waals surface area contributed by atoms with E-state index in [0.717, 1.165) is 4.57 Å². The fraction of sp³-hybridized carbons (Fsp3) is 0.600. The van der Waals surface area contributed by atoms with Crippen LogP contribution in [-0.4, -0.2) is 31.9 Å². The van der Waals surface area contributed by atoms with Gasteiger partial charge in [-0.05, 0) is 0 Å². The quantitative estimate of drug-likeness (QED) is 0.657. The maximum Gasteiger partial charge on any atom is 0.330 e. The highest BCUT2D eigenvalue weighted by molar-refractivity contribution is 7.84. The van der Waals surface area contributed by atoms with Crippen LogP contribution in [0.5, 0.6) is 0 Å². The summed E-state index contributed by atoms with van der Waals surface area (Å²) in [5, 5.41) is 3.03. The number of nitrogens with zero attached hydrogens (tertiary/aromatic N) is 2. The molecule has 0 spiro atoms. The highest BCUT2D eigenvalue weighted by Gasteiger charge is 2.05. The third kappa shape index (κ3) is 3.64. The van der Waals surface area contributed by atoms with Crippen molar-refractivity contribution in [2.24, 2.45) is 14.1 Å². The summed E-state index contributed by atoms with van der Waals surface area (Å²) >= 11 is 0. The van der Waals surface area contributed by atoms with Gasteiger partial charge in [-0.1, -0.05) is 0 Å². The summed E-state index contributed by atoms with van der Waals surface area (Å²) < 4.78 is 13.3. The predicted molar refractivity (Wildman–Crippen MR) is 67.6 cm³/mol. The second-order valence-corrected chi connectivity index (χ2v) is 5.42. The highest BCUT2D eigenvalue weighted by Crippen LogP contribution is 1.87. The van der Waals surface area contributed by atoms with E-state index in [4.69, 9.17) is 0 Å². The van der Waals surface area contributed by atoms with Gasteiger partial charge in [0.1, 0.15) is 0 Å². The third-order valence-electron chi connectivity index (χ3n) is 2.40. The molecule has 7 heteroatoms. The number of aryl methyl sites for hydroxylation is 1. The van der Waals surface area contributed by atoms with Crippen molar-refractivity contribution in [2.75, 3.05) is 18.6 Å². The molecule has 17 heavy (non-hydrogen) atoms. The Morgan fingerprint density at radius 2 is 2.00 bits per heavy atom. The van der Waals surface area contributed by atoms with Gasteiger partial charge in [-0.25, -0.2) is 4.79 Å². The molecule has 0 aliphatic heterocycles. The molecule has 0 aromatic carbocycles. The van der Waals surface area contributed by atoms with Crippen LogP contribution in [0.3, 0.4) is 0 Å². The first-order valence-electron chi connectivity index (χ1n) is 5.19. The minimum Gasteiger partial charge on any atom is -0.311 e. The van der Waals surface area contributed by atoms with Gasteiger partial charge in [-0.2, -0.15) is 0 Å². The van der Waals surface area contributed by atoms with Crippen LogP contribution in [0.1, 0.15) is 5.56 Å². The average Bonchev–Trinajstić information content (AvgIpc) is 2.27. The van der Waals surface area contributed by atoms with Gasteiger partial charge in [0.25, 0.3) is 5.56 Å². The molecular weight excluding hydrogens is 242 g/mol. The molecule has 1 N–H and O–H groups in total. The molecule has 0 fully saturated rings. The minimum atomic E-state index is -0.842. The SMILES string of the molecule is Cn1cc(CNCCS(C)=O)c(=O)n(C)c1=O. The van der Waals surface area contributed by atoms with Crippen molar-refractivity contribution < 1.29 is 4.21 Å². The van der Waals surface area contributed by atoms with Crippen molar-refractivity contribution in [2.45, 2.75) is 6.54 Å². The van der Waals surface area contributed by atoms with E-state index in [-0.39, 0.29) is 11.2 Å². The second-order valence-electron chi connectivity index (χ2n) is 3.87. The Morgan fingerprint density at radius 3 is 2.59 bits per heavy atom. The molecule has 1 aromatic heterocycles. The zero-order chi connectivity index (χ0) is 13.0. The van der Waals surface area contributed by atoms with Crippen molar-refractivity contribution in [3.63, 3.8) is 0 Å². The fourth-order valence-electron chi connectivity index (χ4n) is 1.44. The third-order valence-corrected chi connectivity index (χ3v) is 3.18. The molecule has 0 amide bonds. The van der Waals surface area contributed by atoms with Gasteiger partial charge in [0.05, 0.1) is 0 Å². The maximum atomic E-state index is 11.7. The van der Waals surface area contributed by atoms with Gasteiger partial charge < -0.3 is 9.88 Å². The molecule has 1 aromatic rings. The largest absolute Gasteiger partial charge is 0.330 e. The van der Waals surface area contributed by atoms with Crippen molar-refractivity contribution in [1.29, 1.82) is 0 Å². The average molecular weight is 259 g/mol. The van der Waals surface area contributed by atoms with E-state index in [1.165, 1.54) is 17.8 Å². The molecule has 1 heterocycles. The Hall–Kier alpha value is -1.21. The van der Waals surface area contributed by atoms with Crippen LogP contribution in [-0.2, 0) is 31.4 Å². The number of hydrogen-bond acceptors (Lipinski definition) is 4. The van der Waals surface area contributed by atoms with Crippen molar-refractivity contribution in [3.8, 4) is 0 Å². The molecule has 0 bridgehead atoms. The lowest BCUT2D eigenvalue weighted by Crippen LogP contribution is -2.39. The molecule has 1 atom stereocenters. The number of nitrogens with one attached hydrogen (secondary N) is 1. The van der Waals surface area contributed by atoms with Gasteiger partial charge in [-0.15, -0.1) is 0 Å². The van der Waals surface area contributed by atoms with Gasteiger partial charge in [-0.3, -0.25) is 13.6 Å². The van der Waals surface area contributed by atoms with Crippen molar-refractivity contribution >= 4 is 10.8 Å². The van der Waals surface area contributed by atoms with E-state index in [1.54, 1.807) is 13.3 Å². The summed E-state index contributed by atoms with van der Waals surface area (Å²) in [6, 6.07) is 0. The van der Waals surface area contributed by atoms with E-state index >= 15 is 0 Å². The normalized spacial score (nSPS) is 12.6. The first-order valence-corrected chi connectivity index (χ1v) is 6.92. The minimum absolute atomic E-state index is 0.293. The molecule has 0 radical (unpaired) electrons. The molecule has 96 valence electrons. The summed E-state index contributed by atoms with van der Waals surface area (Å²) in [7, 11) is 2.21. The first kappa shape index (κ1) is 13.9. The summed E-state index contributed by atoms with van der Waals surface area (Å²) in [6.07, 6.45) is 3.16.